The zero-order chi connectivity index (χ0) is 17.1. The number of alkyl halides is 2. The number of amides is 1. The highest BCUT2D eigenvalue weighted by atomic mass is 32.2. The molecule has 2 N–H and O–H groups in total. The first-order chi connectivity index (χ1) is 10.8. The maximum absolute atomic E-state index is 12.7. The summed E-state index contributed by atoms with van der Waals surface area (Å²) in [5.41, 5.74) is -1.52. The lowest BCUT2D eigenvalue weighted by Gasteiger charge is -2.32. The van der Waals surface area contributed by atoms with Crippen LogP contribution in [0.1, 0.15) is 23.2 Å². The first-order valence-electron chi connectivity index (χ1n) is 6.96. The Morgan fingerprint density at radius 3 is 2.52 bits per heavy atom. The van der Waals surface area contributed by atoms with E-state index >= 15 is 0 Å². The molecule has 0 bridgehead atoms. The predicted molar refractivity (Wildman–Crippen MR) is 77.0 cm³/mol. The Kier molecular flexibility index (Phi) is 5.33. The molecule has 1 heterocycles. The van der Waals surface area contributed by atoms with E-state index in [0.29, 0.717) is 26.1 Å². The molecule has 1 amide bonds. The highest BCUT2D eigenvalue weighted by Crippen LogP contribution is 2.23. The Morgan fingerprint density at radius 2 is 1.91 bits per heavy atom. The fourth-order valence-corrected chi connectivity index (χ4v) is 3.19. The minimum absolute atomic E-state index is 0.113. The van der Waals surface area contributed by atoms with Crippen LogP contribution in [0.2, 0.25) is 0 Å². The summed E-state index contributed by atoms with van der Waals surface area (Å²) >= 11 is 0. The number of benzene rings is 1. The molecular formula is C14H17F2NO5S. The van der Waals surface area contributed by atoms with E-state index in [2.05, 4.69) is 5.32 Å². The van der Waals surface area contributed by atoms with Gasteiger partial charge in [0, 0.05) is 32.6 Å². The van der Waals surface area contributed by atoms with Crippen molar-refractivity contribution in [2.24, 2.45) is 0 Å². The van der Waals surface area contributed by atoms with Crippen molar-refractivity contribution in [3.05, 3.63) is 29.8 Å². The summed E-state index contributed by atoms with van der Waals surface area (Å²) in [6, 6.07) is 4.75. The summed E-state index contributed by atoms with van der Waals surface area (Å²) in [5.74, 6) is -4.44. The normalized spacial score (nSPS) is 17.9. The van der Waals surface area contributed by atoms with E-state index in [4.69, 9.17) is 4.74 Å². The first kappa shape index (κ1) is 17.8. The molecule has 6 nitrogen and oxygen atoms in total. The van der Waals surface area contributed by atoms with Crippen molar-refractivity contribution in [2.45, 2.75) is 29.1 Å². The molecule has 1 aromatic rings. The monoisotopic (exact) mass is 349 g/mol. The number of hydrogen-bond donors (Lipinski definition) is 2. The molecule has 9 heteroatoms. The second kappa shape index (κ2) is 6.90. The number of rotatable bonds is 5. The molecule has 1 aromatic carbocycles. The number of carbonyl (C=O) groups excluding carboxylic acids is 1. The Labute approximate surface area is 132 Å². The summed E-state index contributed by atoms with van der Waals surface area (Å²) in [6.45, 7) is 0.587. The second-order valence-electron chi connectivity index (χ2n) is 5.32. The maximum Gasteiger partial charge on any atom is 0.341 e. The molecule has 2 rings (SSSR count). The van der Waals surface area contributed by atoms with Crippen molar-refractivity contribution in [3.63, 3.8) is 0 Å². The van der Waals surface area contributed by atoms with Gasteiger partial charge >= 0.3 is 5.76 Å². The summed E-state index contributed by atoms with van der Waals surface area (Å²) in [7, 11) is -4.89. The zero-order valence-corrected chi connectivity index (χ0v) is 13.0. The molecule has 0 atom stereocenters. The average molecular weight is 349 g/mol. The molecule has 128 valence electrons. The van der Waals surface area contributed by atoms with Gasteiger partial charge in [0.15, 0.2) is 0 Å². The minimum Gasteiger partial charge on any atom is -0.388 e. The Bertz CT molecular complexity index is 672. The molecule has 0 aliphatic carbocycles. The van der Waals surface area contributed by atoms with Gasteiger partial charge in [-0.1, -0.05) is 12.1 Å². The Balaban J connectivity index is 2.17. The van der Waals surface area contributed by atoms with Crippen LogP contribution in [-0.4, -0.2) is 50.5 Å². The van der Waals surface area contributed by atoms with Crippen molar-refractivity contribution >= 4 is 15.7 Å². The van der Waals surface area contributed by atoms with Gasteiger partial charge in [0.2, 0.25) is 9.84 Å². The van der Waals surface area contributed by atoms with Gasteiger partial charge in [-0.3, -0.25) is 4.79 Å². The van der Waals surface area contributed by atoms with E-state index in [0.717, 1.165) is 12.1 Å². The largest absolute Gasteiger partial charge is 0.388 e. The van der Waals surface area contributed by atoms with Gasteiger partial charge < -0.3 is 15.2 Å². The maximum atomic E-state index is 12.7. The number of aliphatic hydroxyl groups is 1. The molecule has 0 aromatic heterocycles. The number of hydrogen-bond acceptors (Lipinski definition) is 5. The van der Waals surface area contributed by atoms with Gasteiger partial charge in [-0.05, 0) is 12.1 Å². The average Bonchev–Trinajstić information content (AvgIpc) is 2.53. The minimum atomic E-state index is -4.89. The highest BCUT2D eigenvalue weighted by molar-refractivity contribution is 7.91. The SMILES string of the molecule is O=C(NCC1(O)CCOCC1)c1ccccc1S(=O)(=O)C(F)F. The number of nitrogens with one attached hydrogen (secondary N) is 1. The van der Waals surface area contributed by atoms with Crippen LogP contribution in [0.3, 0.4) is 0 Å². The summed E-state index contributed by atoms with van der Waals surface area (Å²) < 4.78 is 53.8. The van der Waals surface area contributed by atoms with E-state index in [9.17, 15) is 27.1 Å². The van der Waals surface area contributed by atoms with Gasteiger partial charge in [-0.25, -0.2) is 8.42 Å². The zero-order valence-electron chi connectivity index (χ0n) is 12.2. The van der Waals surface area contributed by atoms with E-state index in [1.807, 2.05) is 0 Å². The third-order valence-corrected chi connectivity index (χ3v) is 5.11. The predicted octanol–water partition coefficient (Wildman–Crippen LogP) is 0.954. The number of sulfone groups is 1. The fourth-order valence-electron chi connectivity index (χ4n) is 2.27. The van der Waals surface area contributed by atoms with E-state index in [-0.39, 0.29) is 12.1 Å². The van der Waals surface area contributed by atoms with Crippen LogP contribution >= 0.6 is 0 Å². The van der Waals surface area contributed by atoms with Crippen LogP contribution in [0.4, 0.5) is 8.78 Å². The first-order valence-corrected chi connectivity index (χ1v) is 8.50. The Hall–Kier alpha value is -1.58. The summed E-state index contributed by atoms with van der Waals surface area (Å²) in [4.78, 5) is 11.4. The van der Waals surface area contributed by atoms with Gasteiger partial charge in [0.1, 0.15) is 0 Å². The van der Waals surface area contributed by atoms with E-state index in [1.54, 1.807) is 0 Å². The molecule has 1 aliphatic rings. The van der Waals surface area contributed by atoms with Crippen LogP contribution in [0.25, 0.3) is 0 Å². The molecule has 0 saturated carbocycles. The van der Waals surface area contributed by atoms with Crippen molar-refractivity contribution in [1.82, 2.24) is 5.32 Å². The standard InChI is InChI=1S/C14H17F2NO5S/c15-13(16)23(20,21)11-4-2-1-3-10(11)12(18)17-9-14(19)5-7-22-8-6-14/h1-4,13,19H,5-9H2,(H,17,18). The number of halogens is 2. The van der Waals surface area contributed by atoms with Gasteiger partial charge in [-0.15, -0.1) is 0 Å². The van der Waals surface area contributed by atoms with Crippen LogP contribution < -0.4 is 5.32 Å². The van der Waals surface area contributed by atoms with Gasteiger partial charge in [0.05, 0.1) is 16.1 Å². The Morgan fingerprint density at radius 1 is 1.30 bits per heavy atom. The van der Waals surface area contributed by atoms with Crippen molar-refractivity contribution < 1.29 is 31.8 Å². The number of ether oxygens (including phenoxy) is 1. The lowest BCUT2D eigenvalue weighted by atomic mass is 9.94. The van der Waals surface area contributed by atoms with Crippen molar-refractivity contribution in [2.75, 3.05) is 19.8 Å². The summed E-state index contributed by atoms with van der Waals surface area (Å²) in [5, 5.41) is 12.7. The van der Waals surface area contributed by atoms with E-state index < -0.39 is 32.0 Å². The molecule has 23 heavy (non-hydrogen) atoms. The lowest BCUT2D eigenvalue weighted by molar-refractivity contribution is -0.0605. The van der Waals surface area contributed by atoms with E-state index in [1.165, 1.54) is 12.1 Å². The topological polar surface area (TPSA) is 92.7 Å². The van der Waals surface area contributed by atoms with Gasteiger partial charge in [0.25, 0.3) is 5.91 Å². The number of carbonyl (C=O) groups is 1. The smallest absolute Gasteiger partial charge is 0.341 e. The molecule has 0 spiro atoms. The van der Waals surface area contributed by atoms with Crippen LogP contribution in [0.5, 0.6) is 0 Å². The third kappa shape index (κ3) is 4.04. The van der Waals surface area contributed by atoms with Gasteiger partial charge in [-0.2, -0.15) is 8.78 Å². The second-order valence-corrected chi connectivity index (χ2v) is 7.21. The quantitative estimate of drug-likeness (QED) is 0.826. The molecular weight excluding hydrogens is 332 g/mol. The molecule has 0 unspecified atom stereocenters. The molecule has 1 fully saturated rings. The molecule has 0 radical (unpaired) electrons. The van der Waals surface area contributed by atoms with Crippen molar-refractivity contribution in [1.29, 1.82) is 0 Å². The molecule has 1 aliphatic heterocycles. The highest BCUT2D eigenvalue weighted by Gasteiger charge is 2.33. The fraction of sp³-hybridized carbons (Fsp3) is 0.500. The molecule has 1 saturated heterocycles. The van der Waals surface area contributed by atoms with Crippen LogP contribution in [-0.2, 0) is 14.6 Å². The van der Waals surface area contributed by atoms with Crippen LogP contribution in [0.15, 0.2) is 29.2 Å². The third-order valence-electron chi connectivity index (χ3n) is 3.67. The lowest BCUT2D eigenvalue weighted by Crippen LogP contribution is -2.46. The van der Waals surface area contributed by atoms with Crippen LogP contribution in [0, 0.1) is 0 Å². The van der Waals surface area contributed by atoms with Crippen molar-refractivity contribution in [3.8, 4) is 0 Å². The summed E-state index contributed by atoms with van der Waals surface area (Å²) in [6.07, 6.45) is 0.647.